The second-order valence-electron chi connectivity index (χ2n) is 6.49. The smallest absolute Gasteiger partial charge is 0.382 e. The van der Waals surface area contributed by atoms with Crippen molar-refractivity contribution in [3.8, 4) is 0 Å². The van der Waals surface area contributed by atoms with Gasteiger partial charge in [0.25, 0.3) is 0 Å². The average molecular weight is 413 g/mol. The standard InChI is InChI=1S/C20H20ClF3N2O2/c1-2-28-11-10-19(14-6-4-3-5-7-14)16-12-15(21)8-9-17(16)25-18(27)26(19)13-20(22,23)24/h3-9,12H,2,10-11,13H2,1H3,(H,25,27). The van der Waals surface area contributed by atoms with E-state index in [2.05, 4.69) is 5.32 Å². The Morgan fingerprint density at radius 2 is 1.89 bits per heavy atom. The number of hydrogen-bond acceptors (Lipinski definition) is 2. The topological polar surface area (TPSA) is 41.6 Å². The zero-order valence-electron chi connectivity index (χ0n) is 15.2. The largest absolute Gasteiger partial charge is 0.406 e. The molecule has 4 nitrogen and oxygen atoms in total. The molecule has 1 atom stereocenters. The first-order valence-corrected chi connectivity index (χ1v) is 9.24. The van der Waals surface area contributed by atoms with E-state index in [1.807, 2.05) is 0 Å². The van der Waals surface area contributed by atoms with Crippen LogP contribution in [0.2, 0.25) is 5.02 Å². The number of halogens is 4. The molecule has 2 aromatic carbocycles. The van der Waals surface area contributed by atoms with E-state index in [1.54, 1.807) is 55.5 Å². The zero-order chi connectivity index (χ0) is 20.4. The summed E-state index contributed by atoms with van der Waals surface area (Å²) in [5.41, 5.74) is 0.148. The molecule has 0 radical (unpaired) electrons. The Bertz CT molecular complexity index is 845. The highest BCUT2D eigenvalue weighted by atomic mass is 35.5. The molecule has 150 valence electrons. The minimum Gasteiger partial charge on any atom is -0.382 e. The van der Waals surface area contributed by atoms with Crippen LogP contribution in [0.1, 0.15) is 24.5 Å². The van der Waals surface area contributed by atoms with E-state index in [0.29, 0.717) is 28.4 Å². The summed E-state index contributed by atoms with van der Waals surface area (Å²) in [6.07, 6.45) is -4.42. The molecule has 8 heteroatoms. The number of anilines is 1. The van der Waals surface area contributed by atoms with Crippen molar-refractivity contribution in [2.24, 2.45) is 0 Å². The van der Waals surface area contributed by atoms with Crippen molar-refractivity contribution in [3.63, 3.8) is 0 Å². The monoisotopic (exact) mass is 412 g/mol. The van der Waals surface area contributed by atoms with E-state index in [-0.39, 0.29) is 13.0 Å². The van der Waals surface area contributed by atoms with E-state index in [4.69, 9.17) is 16.3 Å². The molecule has 0 aliphatic carbocycles. The summed E-state index contributed by atoms with van der Waals surface area (Å²) in [6.45, 7) is 1.00. The molecule has 0 bridgehead atoms. The predicted molar refractivity (Wildman–Crippen MR) is 102 cm³/mol. The number of fused-ring (bicyclic) bond motifs is 1. The number of hydrogen-bond donors (Lipinski definition) is 1. The van der Waals surface area contributed by atoms with Crippen molar-refractivity contribution < 1.29 is 22.7 Å². The van der Waals surface area contributed by atoms with Gasteiger partial charge in [-0.3, -0.25) is 0 Å². The van der Waals surface area contributed by atoms with Crippen molar-refractivity contribution in [1.82, 2.24) is 4.90 Å². The van der Waals surface area contributed by atoms with Crippen LogP contribution >= 0.6 is 11.6 Å². The van der Waals surface area contributed by atoms with Gasteiger partial charge in [0.15, 0.2) is 0 Å². The van der Waals surface area contributed by atoms with Gasteiger partial charge in [0, 0.05) is 35.9 Å². The van der Waals surface area contributed by atoms with Crippen LogP contribution in [0.5, 0.6) is 0 Å². The lowest BCUT2D eigenvalue weighted by atomic mass is 9.76. The van der Waals surface area contributed by atoms with Crippen LogP contribution in [0.15, 0.2) is 48.5 Å². The van der Waals surface area contributed by atoms with Gasteiger partial charge >= 0.3 is 12.2 Å². The van der Waals surface area contributed by atoms with E-state index in [1.165, 1.54) is 0 Å². The molecule has 1 N–H and O–H groups in total. The third kappa shape index (κ3) is 3.95. The Hall–Kier alpha value is -2.25. The second kappa shape index (κ2) is 8.01. The van der Waals surface area contributed by atoms with E-state index < -0.39 is 24.3 Å². The maximum atomic E-state index is 13.4. The van der Waals surface area contributed by atoms with E-state index in [0.717, 1.165) is 4.90 Å². The third-order valence-corrected chi connectivity index (χ3v) is 5.01. The van der Waals surface area contributed by atoms with Crippen LogP contribution < -0.4 is 5.32 Å². The molecule has 1 aliphatic rings. The van der Waals surface area contributed by atoms with Crippen LogP contribution in [-0.4, -0.2) is 36.9 Å². The fourth-order valence-corrected chi connectivity index (χ4v) is 3.83. The molecule has 0 fully saturated rings. The number of ether oxygens (including phenoxy) is 1. The van der Waals surface area contributed by atoms with E-state index in [9.17, 15) is 18.0 Å². The molecule has 3 rings (SSSR count). The van der Waals surface area contributed by atoms with Crippen molar-refractivity contribution in [2.45, 2.75) is 25.1 Å². The van der Waals surface area contributed by atoms with Crippen LogP contribution in [0.25, 0.3) is 0 Å². The lowest BCUT2D eigenvalue weighted by molar-refractivity contribution is -0.149. The summed E-state index contributed by atoms with van der Waals surface area (Å²) in [6, 6.07) is 12.7. The van der Waals surface area contributed by atoms with Crippen molar-refractivity contribution >= 4 is 23.3 Å². The molecule has 2 aromatic rings. The summed E-state index contributed by atoms with van der Waals surface area (Å²) < 4.78 is 45.8. The lowest BCUT2D eigenvalue weighted by Gasteiger charge is -2.48. The molecule has 0 aromatic heterocycles. The number of nitrogens with zero attached hydrogens (tertiary/aromatic N) is 1. The Kier molecular flexibility index (Phi) is 5.86. The second-order valence-corrected chi connectivity index (χ2v) is 6.93. The van der Waals surface area contributed by atoms with Crippen molar-refractivity contribution in [3.05, 3.63) is 64.7 Å². The van der Waals surface area contributed by atoms with Crippen molar-refractivity contribution in [2.75, 3.05) is 25.1 Å². The number of rotatable bonds is 6. The highest BCUT2D eigenvalue weighted by Crippen LogP contribution is 2.47. The quantitative estimate of drug-likeness (QED) is 0.643. The molecule has 2 amide bonds. The number of carbonyl (C=O) groups is 1. The summed E-state index contributed by atoms with van der Waals surface area (Å²) in [5.74, 6) is 0. The lowest BCUT2D eigenvalue weighted by Crippen LogP contribution is -2.58. The average Bonchev–Trinajstić information content (AvgIpc) is 2.65. The van der Waals surface area contributed by atoms with Gasteiger partial charge in [-0.2, -0.15) is 13.2 Å². The molecule has 0 saturated heterocycles. The van der Waals surface area contributed by atoms with E-state index >= 15 is 0 Å². The van der Waals surface area contributed by atoms with Gasteiger partial charge in [0.1, 0.15) is 6.54 Å². The summed E-state index contributed by atoms with van der Waals surface area (Å²) in [7, 11) is 0. The molecule has 1 heterocycles. The number of benzene rings is 2. The predicted octanol–water partition coefficient (Wildman–Crippen LogP) is 5.42. The molecule has 1 unspecified atom stereocenters. The van der Waals surface area contributed by atoms with Gasteiger partial charge in [0.05, 0.1) is 5.54 Å². The molecular formula is C20H20ClF3N2O2. The van der Waals surface area contributed by atoms with Crippen LogP contribution in [0.4, 0.5) is 23.7 Å². The first-order chi connectivity index (χ1) is 13.3. The van der Waals surface area contributed by atoms with Gasteiger partial charge in [-0.15, -0.1) is 0 Å². The Balaban J connectivity index is 2.27. The zero-order valence-corrected chi connectivity index (χ0v) is 16.0. The fraction of sp³-hybridized carbons (Fsp3) is 0.350. The maximum Gasteiger partial charge on any atom is 0.406 e. The number of urea groups is 1. The fourth-order valence-electron chi connectivity index (χ4n) is 3.66. The van der Waals surface area contributed by atoms with Gasteiger partial charge in [-0.25, -0.2) is 4.79 Å². The minimum absolute atomic E-state index is 0.154. The van der Waals surface area contributed by atoms with Crippen LogP contribution in [0.3, 0.4) is 0 Å². The highest BCUT2D eigenvalue weighted by molar-refractivity contribution is 6.30. The van der Waals surface area contributed by atoms with Gasteiger partial charge in [-0.05, 0) is 30.7 Å². The number of alkyl halides is 3. The Morgan fingerprint density at radius 3 is 2.54 bits per heavy atom. The van der Waals surface area contributed by atoms with Crippen LogP contribution in [0, 0.1) is 0 Å². The maximum absolute atomic E-state index is 13.4. The number of nitrogens with one attached hydrogen (secondary N) is 1. The minimum atomic E-state index is -4.57. The molecule has 28 heavy (non-hydrogen) atoms. The normalized spacial score (nSPS) is 19.3. The van der Waals surface area contributed by atoms with Crippen LogP contribution in [-0.2, 0) is 10.3 Å². The van der Waals surface area contributed by atoms with Gasteiger partial charge < -0.3 is 15.0 Å². The molecule has 0 saturated carbocycles. The summed E-state index contributed by atoms with van der Waals surface area (Å²) >= 11 is 6.19. The Morgan fingerprint density at radius 1 is 1.18 bits per heavy atom. The number of carbonyl (C=O) groups excluding carboxylic acids is 1. The SMILES string of the molecule is CCOCCC1(c2ccccc2)c2cc(Cl)ccc2NC(=O)N1CC(F)(F)F. The van der Waals surface area contributed by atoms with Crippen molar-refractivity contribution in [1.29, 1.82) is 0 Å². The third-order valence-electron chi connectivity index (χ3n) is 4.78. The molecule has 1 aliphatic heterocycles. The van der Waals surface area contributed by atoms with Gasteiger partial charge in [-0.1, -0.05) is 41.9 Å². The first-order valence-electron chi connectivity index (χ1n) is 8.86. The first kappa shape index (κ1) is 20.5. The Labute approximate surface area is 166 Å². The molecular weight excluding hydrogens is 393 g/mol. The number of amides is 2. The molecule has 0 spiro atoms. The summed E-state index contributed by atoms with van der Waals surface area (Å²) in [4.78, 5) is 13.6. The highest BCUT2D eigenvalue weighted by Gasteiger charge is 2.51. The summed E-state index contributed by atoms with van der Waals surface area (Å²) in [5, 5.41) is 2.94. The van der Waals surface area contributed by atoms with Gasteiger partial charge in [0.2, 0.25) is 0 Å².